The van der Waals surface area contributed by atoms with Crippen LogP contribution >= 0.6 is 0 Å². The van der Waals surface area contributed by atoms with E-state index in [-0.39, 0.29) is 0 Å². The summed E-state index contributed by atoms with van der Waals surface area (Å²) in [7, 11) is 1.62. The van der Waals surface area contributed by atoms with Crippen LogP contribution < -0.4 is 4.74 Å². The number of methoxy groups -OCH3 is 1. The van der Waals surface area contributed by atoms with Gasteiger partial charge in [-0.15, -0.1) is 0 Å². The molecule has 0 saturated carbocycles. The average molecular weight is 292 g/mol. The number of azo groups is 1. The molecule has 116 valence electrons. The Balaban J connectivity index is 3.01. The first-order valence-electron chi connectivity index (χ1n) is 7.18. The lowest BCUT2D eigenvalue weighted by molar-refractivity contribution is -0.462. The minimum Gasteiger partial charge on any atom is -0.595 e. The zero-order valence-electron chi connectivity index (χ0n) is 13.1. The molecule has 0 spiro atoms. The van der Waals surface area contributed by atoms with Crippen LogP contribution in [0.15, 0.2) is 35.6 Å². The summed E-state index contributed by atoms with van der Waals surface area (Å²) in [5.41, 5.74) is 1.88. The van der Waals surface area contributed by atoms with E-state index in [2.05, 4.69) is 12.0 Å². The van der Waals surface area contributed by atoms with Crippen molar-refractivity contribution in [3.05, 3.63) is 41.2 Å². The van der Waals surface area contributed by atoms with Gasteiger partial charge in [-0.05, 0) is 43.1 Å². The Morgan fingerprint density at radius 1 is 1.38 bits per heavy atom. The number of ether oxygens (including phenoxy) is 1. The Morgan fingerprint density at radius 3 is 2.48 bits per heavy atom. The molecule has 0 aliphatic rings. The van der Waals surface area contributed by atoms with E-state index in [0.29, 0.717) is 4.86 Å². The Kier molecular flexibility index (Phi) is 6.88. The summed E-state index contributed by atoms with van der Waals surface area (Å²) in [5.74, 6) is 0.779. The maximum atomic E-state index is 11.9. The number of aliphatic hydroxyl groups excluding tert-OH is 1. The van der Waals surface area contributed by atoms with Crippen LogP contribution in [0.3, 0.4) is 0 Å². The summed E-state index contributed by atoms with van der Waals surface area (Å²) < 4.78 is 5.13. The van der Waals surface area contributed by atoms with Crippen molar-refractivity contribution >= 4 is 5.57 Å². The van der Waals surface area contributed by atoms with Gasteiger partial charge in [0.2, 0.25) is 6.20 Å². The minimum absolute atomic E-state index is 0.433. The molecule has 1 N–H and O–H groups in total. The van der Waals surface area contributed by atoms with E-state index >= 15 is 0 Å². The third-order valence-corrected chi connectivity index (χ3v) is 3.24. The fourth-order valence-electron chi connectivity index (χ4n) is 1.80. The van der Waals surface area contributed by atoms with Gasteiger partial charge in [0.05, 0.1) is 13.2 Å². The van der Waals surface area contributed by atoms with E-state index in [1.165, 1.54) is 6.20 Å². The van der Waals surface area contributed by atoms with Crippen LogP contribution in [0, 0.1) is 5.21 Å². The molecule has 0 bridgehead atoms. The van der Waals surface area contributed by atoms with Crippen LogP contribution in [0.4, 0.5) is 0 Å². The summed E-state index contributed by atoms with van der Waals surface area (Å²) in [6, 6.07) is 7.14. The molecular formula is C16H24N2O3. The van der Waals surface area contributed by atoms with Crippen LogP contribution in [-0.2, 0) is 0 Å². The second kappa shape index (κ2) is 8.42. The van der Waals surface area contributed by atoms with Crippen molar-refractivity contribution in [3.8, 4) is 5.75 Å². The van der Waals surface area contributed by atoms with Gasteiger partial charge in [0.15, 0.2) is 0 Å². The minimum atomic E-state index is -0.648. The molecule has 5 nitrogen and oxygen atoms in total. The standard InChI is InChI=1S/C16H24N2O3/c1-5-6-15(11-18(20)17-12(2)13(3)19)14-7-9-16(21-4)10-8-14/h7-13,19H,5-6H2,1-4H3/b15-11-,18-17?. The van der Waals surface area contributed by atoms with Crippen molar-refractivity contribution in [1.82, 2.24) is 0 Å². The van der Waals surface area contributed by atoms with Crippen LogP contribution in [0.25, 0.3) is 5.57 Å². The Labute approximate surface area is 126 Å². The second-order valence-corrected chi connectivity index (χ2v) is 5.03. The predicted octanol–water partition coefficient (Wildman–Crippen LogP) is 3.57. The maximum absolute atomic E-state index is 11.9. The second-order valence-electron chi connectivity index (χ2n) is 5.03. The lowest BCUT2D eigenvalue weighted by Gasteiger charge is -2.08. The first-order valence-corrected chi connectivity index (χ1v) is 7.18. The third kappa shape index (κ3) is 5.55. The average Bonchev–Trinajstić information content (AvgIpc) is 2.46. The van der Waals surface area contributed by atoms with Crippen molar-refractivity contribution < 1.29 is 14.7 Å². The van der Waals surface area contributed by atoms with Gasteiger partial charge < -0.3 is 15.1 Å². The van der Waals surface area contributed by atoms with Crippen LogP contribution in [-0.4, -0.2) is 29.2 Å². The van der Waals surface area contributed by atoms with Crippen molar-refractivity contribution in [2.75, 3.05) is 7.11 Å². The van der Waals surface area contributed by atoms with Gasteiger partial charge in [-0.3, -0.25) is 0 Å². The van der Waals surface area contributed by atoms with Crippen molar-refractivity contribution in [1.29, 1.82) is 0 Å². The summed E-state index contributed by atoms with van der Waals surface area (Å²) >= 11 is 0. The predicted molar refractivity (Wildman–Crippen MR) is 83.1 cm³/mol. The maximum Gasteiger partial charge on any atom is 0.213 e. The lowest BCUT2D eigenvalue weighted by atomic mass is 10.0. The molecule has 1 rings (SSSR count). The van der Waals surface area contributed by atoms with Gasteiger partial charge in [-0.25, -0.2) is 0 Å². The summed E-state index contributed by atoms with van der Waals surface area (Å²) in [6.07, 6.45) is 2.54. The molecule has 0 saturated heterocycles. The SMILES string of the molecule is CCC/C(=C/[N+]([O-])=NC(C)C(C)O)c1ccc(OC)cc1. The van der Waals surface area contributed by atoms with E-state index in [4.69, 9.17) is 4.74 Å². The van der Waals surface area contributed by atoms with Crippen LogP contribution in [0.1, 0.15) is 39.2 Å². The van der Waals surface area contributed by atoms with E-state index in [0.717, 1.165) is 29.7 Å². The molecule has 21 heavy (non-hydrogen) atoms. The molecule has 0 aliphatic heterocycles. The molecule has 2 unspecified atom stereocenters. The number of aliphatic hydroxyl groups is 1. The molecule has 5 heteroatoms. The highest BCUT2D eigenvalue weighted by Gasteiger charge is 2.11. The topological polar surface area (TPSA) is 67.9 Å². The summed E-state index contributed by atoms with van der Waals surface area (Å²) in [4.78, 5) is 0.548. The molecule has 0 heterocycles. The number of nitrogens with zero attached hydrogens (tertiary/aromatic N) is 2. The molecule has 0 radical (unpaired) electrons. The monoisotopic (exact) mass is 292 g/mol. The highest BCUT2D eigenvalue weighted by molar-refractivity contribution is 5.64. The number of hydrogen-bond acceptors (Lipinski definition) is 4. The van der Waals surface area contributed by atoms with Crippen LogP contribution in [0.5, 0.6) is 5.75 Å². The molecule has 1 aromatic carbocycles. The van der Waals surface area contributed by atoms with Gasteiger partial charge in [-0.2, -0.15) is 0 Å². The van der Waals surface area contributed by atoms with E-state index in [1.54, 1.807) is 21.0 Å². The number of rotatable bonds is 7. The smallest absolute Gasteiger partial charge is 0.213 e. The molecule has 2 atom stereocenters. The first kappa shape index (κ1) is 17.2. The molecule has 0 aromatic heterocycles. The number of hydrogen-bond donors (Lipinski definition) is 1. The van der Waals surface area contributed by atoms with Gasteiger partial charge in [0, 0.05) is 5.57 Å². The van der Waals surface area contributed by atoms with Gasteiger partial charge in [0.25, 0.3) is 0 Å². The van der Waals surface area contributed by atoms with Crippen molar-refractivity contribution in [2.45, 2.75) is 45.8 Å². The first-order chi connectivity index (χ1) is 9.97. The third-order valence-electron chi connectivity index (χ3n) is 3.24. The Hall–Kier alpha value is -1.88. The van der Waals surface area contributed by atoms with Gasteiger partial charge in [0.1, 0.15) is 11.8 Å². The van der Waals surface area contributed by atoms with E-state index in [1.807, 2.05) is 24.3 Å². The van der Waals surface area contributed by atoms with Crippen molar-refractivity contribution in [3.63, 3.8) is 0 Å². The number of hydroxylamine groups is 1. The van der Waals surface area contributed by atoms with Crippen LogP contribution in [0.2, 0.25) is 0 Å². The molecular weight excluding hydrogens is 268 g/mol. The highest BCUT2D eigenvalue weighted by atomic mass is 16.5. The summed E-state index contributed by atoms with van der Waals surface area (Å²) in [5, 5.41) is 25.1. The molecule has 1 aromatic rings. The largest absolute Gasteiger partial charge is 0.595 e. The normalized spacial score (nSPS) is 15.7. The fraction of sp³-hybridized carbons (Fsp3) is 0.500. The van der Waals surface area contributed by atoms with Crippen molar-refractivity contribution in [2.24, 2.45) is 5.11 Å². The molecule has 0 fully saturated rings. The fourth-order valence-corrected chi connectivity index (χ4v) is 1.80. The zero-order chi connectivity index (χ0) is 15.8. The van der Waals surface area contributed by atoms with Gasteiger partial charge in [-0.1, -0.05) is 30.3 Å². The van der Waals surface area contributed by atoms with E-state index in [9.17, 15) is 10.3 Å². The number of allylic oxidation sites excluding steroid dienone is 1. The quantitative estimate of drug-likeness (QED) is 0.474. The highest BCUT2D eigenvalue weighted by Crippen LogP contribution is 2.22. The van der Waals surface area contributed by atoms with Gasteiger partial charge >= 0.3 is 0 Å². The molecule has 0 amide bonds. The Morgan fingerprint density at radius 2 is 2.00 bits per heavy atom. The summed E-state index contributed by atoms with van der Waals surface area (Å²) in [6.45, 7) is 5.38. The number of benzene rings is 1. The molecule has 0 aliphatic carbocycles. The Bertz CT molecular complexity index is 493. The lowest BCUT2D eigenvalue weighted by Crippen LogP contribution is -2.18. The van der Waals surface area contributed by atoms with E-state index < -0.39 is 12.1 Å². The zero-order valence-corrected chi connectivity index (χ0v) is 13.1.